The van der Waals surface area contributed by atoms with E-state index in [0.717, 1.165) is 43.0 Å². The second kappa shape index (κ2) is 7.79. The number of aromatic nitrogens is 5. The van der Waals surface area contributed by atoms with E-state index in [2.05, 4.69) is 43.1 Å². The van der Waals surface area contributed by atoms with E-state index in [9.17, 15) is 0 Å². The van der Waals surface area contributed by atoms with Gasteiger partial charge in [-0.2, -0.15) is 4.98 Å². The average Bonchev–Trinajstić information content (AvgIpc) is 3.18. The van der Waals surface area contributed by atoms with Crippen molar-refractivity contribution in [2.75, 3.05) is 32.1 Å². The molecular formula is C19H23N7O. The first kappa shape index (κ1) is 17.5. The van der Waals surface area contributed by atoms with Gasteiger partial charge >= 0.3 is 0 Å². The Kier molecular flexibility index (Phi) is 5.06. The van der Waals surface area contributed by atoms with Gasteiger partial charge in [-0.05, 0) is 45.1 Å². The lowest BCUT2D eigenvalue weighted by atomic mass is 9.93. The Bertz CT molecular complexity index is 875. The van der Waals surface area contributed by atoms with Crippen molar-refractivity contribution in [1.29, 1.82) is 0 Å². The molecule has 0 aliphatic carbocycles. The molecule has 0 aromatic carbocycles. The molecule has 8 heteroatoms. The van der Waals surface area contributed by atoms with Crippen LogP contribution in [0.3, 0.4) is 0 Å². The summed E-state index contributed by atoms with van der Waals surface area (Å²) >= 11 is 0. The van der Waals surface area contributed by atoms with Crippen LogP contribution in [0.2, 0.25) is 0 Å². The van der Waals surface area contributed by atoms with E-state index in [1.54, 1.807) is 18.7 Å². The topological polar surface area (TPSA) is 84.1 Å². The van der Waals surface area contributed by atoms with Gasteiger partial charge in [-0.15, -0.1) is 0 Å². The summed E-state index contributed by atoms with van der Waals surface area (Å²) in [6.45, 7) is 2.71. The van der Waals surface area contributed by atoms with Gasteiger partial charge in [0.25, 0.3) is 0 Å². The highest BCUT2D eigenvalue weighted by molar-refractivity contribution is 5.52. The van der Waals surface area contributed by atoms with Crippen LogP contribution >= 0.6 is 0 Å². The molecule has 0 N–H and O–H groups in total. The van der Waals surface area contributed by atoms with Crippen molar-refractivity contribution in [2.24, 2.45) is 0 Å². The zero-order valence-corrected chi connectivity index (χ0v) is 15.6. The minimum absolute atomic E-state index is 0.488. The molecule has 1 aliphatic rings. The molecule has 0 unspecified atom stereocenters. The molecule has 0 radical (unpaired) electrons. The Balaban J connectivity index is 1.45. The number of hydrogen-bond donors (Lipinski definition) is 0. The predicted molar refractivity (Wildman–Crippen MR) is 101 cm³/mol. The summed E-state index contributed by atoms with van der Waals surface area (Å²) in [4.78, 5) is 21.8. The number of hydrogen-bond acceptors (Lipinski definition) is 8. The average molecular weight is 365 g/mol. The van der Waals surface area contributed by atoms with E-state index in [1.807, 2.05) is 24.1 Å². The SMILES string of the molecule is CN1CCC(c2cc(N(C)Cc3nc(-c4ccncc4)no3)ncn2)CC1. The molecule has 1 fully saturated rings. The van der Waals surface area contributed by atoms with Crippen LogP contribution in [0.1, 0.15) is 30.3 Å². The number of pyridine rings is 1. The van der Waals surface area contributed by atoms with Gasteiger partial charge in [0.1, 0.15) is 12.1 Å². The van der Waals surface area contributed by atoms with Crippen molar-refractivity contribution in [3.05, 3.63) is 48.5 Å². The van der Waals surface area contributed by atoms with Crippen LogP contribution in [-0.4, -0.2) is 57.2 Å². The summed E-state index contributed by atoms with van der Waals surface area (Å²) < 4.78 is 5.40. The van der Waals surface area contributed by atoms with E-state index in [-0.39, 0.29) is 0 Å². The van der Waals surface area contributed by atoms with E-state index in [4.69, 9.17) is 4.52 Å². The van der Waals surface area contributed by atoms with Gasteiger partial charge in [0.2, 0.25) is 11.7 Å². The largest absolute Gasteiger partial charge is 0.350 e. The molecule has 0 bridgehead atoms. The van der Waals surface area contributed by atoms with Crippen molar-refractivity contribution in [3.8, 4) is 11.4 Å². The molecular weight excluding hydrogens is 342 g/mol. The molecule has 8 nitrogen and oxygen atoms in total. The lowest BCUT2D eigenvalue weighted by molar-refractivity contribution is 0.253. The highest BCUT2D eigenvalue weighted by Crippen LogP contribution is 2.27. The van der Waals surface area contributed by atoms with E-state index >= 15 is 0 Å². The van der Waals surface area contributed by atoms with Crippen molar-refractivity contribution in [3.63, 3.8) is 0 Å². The summed E-state index contributed by atoms with van der Waals surface area (Å²) in [5, 5.41) is 4.05. The number of anilines is 1. The fourth-order valence-corrected chi connectivity index (χ4v) is 3.32. The molecule has 3 aromatic rings. The van der Waals surface area contributed by atoms with Crippen molar-refractivity contribution < 1.29 is 4.52 Å². The van der Waals surface area contributed by atoms with Crippen molar-refractivity contribution in [2.45, 2.75) is 25.3 Å². The first-order valence-electron chi connectivity index (χ1n) is 9.13. The predicted octanol–water partition coefficient (Wildman–Crippen LogP) is 2.37. The van der Waals surface area contributed by atoms with Crippen LogP contribution < -0.4 is 4.90 Å². The highest BCUT2D eigenvalue weighted by atomic mass is 16.5. The van der Waals surface area contributed by atoms with Crippen LogP contribution in [0.4, 0.5) is 5.82 Å². The van der Waals surface area contributed by atoms with E-state index in [0.29, 0.717) is 24.2 Å². The lowest BCUT2D eigenvalue weighted by Gasteiger charge is -2.28. The van der Waals surface area contributed by atoms with Gasteiger partial charge in [0, 0.05) is 42.7 Å². The van der Waals surface area contributed by atoms with Crippen molar-refractivity contribution >= 4 is 5.82 Å². The summed E-state index contributed by atoms with van der Waals surface area (Å²) in [5.41, 5.74) is 2.00. The van der Waals surface area contributed by atoms with Gasteiger partial charge < -0.3 is 14.3 Å². The summed E-state index contributed by atoms with van der Waals surface area (Å²) in [5.74, 6) is 2.47. The molecule has 0 saturated carbocycles. The fourth-order valence-electron chi connectivity index (χ4n) is 3.32. The highest BCUT2D eigenvalue weighted by Gasteiger charge is 2.20. The normalized spacial score (nSPS) is 15.8. The van der Waals surface area contributed by atoms with Gasteiger partial charge in [0.05, 0.1) is 6.54 Å². The van der Waals surface area contributed by atoms with Crippen LogP contribution in [0, 0.1) is 0 Å². The third-order valence-electron chi connectivity index (χ3n) is 4.98. The molecule has 1 saturated heterocycles. The van der Waals surface area contributed by atoms with Crippen LogP contribution in [-0.2, 0) is 6.54 Å². The standard InChI is InChI=1S/C19H23N7O/c1-25-9-5-14(6-10-25)16-11-17(22-13-21-16)26(2)12-18-23-19(24-27-18)15-3-7-20-8-4-15/h3-4,7-8,11,13-14H,5-6,9-10,12H2,1-2H3. The first-order chi connectivity index (χ1) is 13.2. The van der Waals surface area contributed by atoms with E-state index < -0.39 is 0 Å². The zero-order chi connectivity index (χ0) is 18.6. The quantitative estimate of drug-likeness (QED) is 0.681. The number of rotatable bonds is 5. The minimum Gasteiger partial charge on any atom is -0.350 e. The summed E-state index contributed by atoms with van der Waals surface area (Å²) in [6.07, 6.45) is 7.34. The summed E-state index contributed by atoms with van der Waals surface area (Å²) in [6, 6.07) is 5.80. The number of nitrogens with zero attached hydrogens (tertiary/aromatic N) is 7. The summed E-state index contributed by atoms with van der Waals surface area (Å²) in [7, 11) is 4.14. The first-order valence-corrected chi connectivity index (χ1v) is 9.13. The second-order valence-electron chi connectivity index (χ2n) is 6.98. The molecule has 4 rings (SSSR count). The Morgan fingerprint density at radius 3 is 2.74 bits per heavy atom. The Morgan fingerprint density at radius 1 is 1.19 bits per heavy atom. The molecule has 0 amide bonds. The minimum atomic E-state index is 0.488. The van der Waals surface area contributed by atoms with Gasteiger partial charge in [-0.25, -0.2) is 9.97 Å². The molecule has 4 heterocycles. The van der Waals surface area contributed by atoms with Gasteiger partial charge in [-0.1, -0.05) is 5.16 Å². The van der Waals surface area contributed by atoms with Crippen LogP contribution in [0.25, 0.3) is 11.4 Å². The smallest absolute Gasteiger partial charge is 0.246 e. The third-order valence-corrected chi connectivity index (χ3v) is 4.98. The second-order valence-corrected chi connectivity index (χ2v) is 6.98. The van der Waals surface area contributed by atoms with Crippen LogP contribution in [0.15, 0.2) is 41.4 Å². The van der Waals surface area contributed by atoms with Crippen molar-refractivity contribution in [1.82, 2.24) is 30.0 Å². The number of piperidine rings is 1. The van der Waals surface area contributed by atoms with Gasteiger partial charge in [0.15, 0.2) is 0 Å². The van der Waals surface area contributed by atoms with E-state index in [1.165, 1.54) is 0 Å². The molecule has 0 spiro atoms. The third kappa shape index (κ3) is 4.11. The molecule has 1 aliphatic heterocycles. The number of likely N-dealkylation sites (tertiary alicyclic amines) is 1. The Hall–Kier alpha value is -2.87. The van der Waals surface area contributed by atoms with Gasteiger partial charge in [-0.3, -0.25) is 4.98 Å². The monoisotopic (exact) mass is 365 g/mol. The zero-order valence-electron chi connectivity index (χ0n) is 15.6. The van der Waals surface area contributed by atoms with Crippen LogP contribution in [0.5, 0.6) is 0 Å². The molecule has 27 heavy (non-hydrogen) atoms. The molecule has 140 valence electrons. The Morgan fingerprint density at radius 2 is 1.96 bits per heavy atom. The lowest BCUT2D eigenvalue weighted by Crippen LogP contribution is -2.29. The maximum absolute atomic E-state index is 5.40. The maximum atomic E-state index is 5.40. The maximum Gasteiger partial charge on any atom is 0.246 e. The molecule has 3 aromatic heterocycles. The fraction of sp³-hybridized carbons (Fsp3) is 0.421. The molecule has 0 atom stereocenters. The Labute approximate surface area is 158 Å².